The molecule has 0 aliphatic heterocycles. The molecule has 0 bridgehead atoms. The molecule has 0 saturated heterocycles. The lowest BCUT2D eigenvalue weighted by atomic mass is 9.82. The summed E-state index contributed by atoms with van der Waals surface area (Å²) in [5.41, 5.74) is 3.08. The summed E-state index contributed by atoms with van der Waals surface area (Å²) in [5, 5.41) is 9.36. The summed E-state index contributed by atoms with van der Waals surface area (Å²) >= 11 is 0. The first kappa shape index (κ1) is 13.1. The van der Waals surface area contributed by atoms with Crippen molar-refractivity contribution in [2.24, 2.45) is 0 Å². The summed E-state index contributed by atoms with van der Waals surface area (Å²) in [7, 11) is 0. The molecule has 3 nitrogen and oxygen atoms in total. The molecular weight excluding hydrogens is 226 g/mol. The van der Waals surface area contributed by atoms with Gasteiger partial charge in [-0.1, -0.05) is 27.7 Å². The van der Waals surface area contributed by atoms with E-state index in [0.717, 1.165) is 30.5 Å². The van der Waals surface area contributed by atoms with E-state index < -0.39 is 5.97 Å². The van der Waals surface area contributed by atoms with Crippen molar-refractivity contribution >= 4 is 5.97 Å². The Hall–Kier alpha value is -1.38. The molecule has 1 aliphatic rings. The van der Waals surface area contributed by atoms with E-state index in [0.29, 0.717) is 17.2 Å². The lowest BCUT2D eigenvalue weighted by Crippen LogP contribution is -2.23. The SMILES string of the molecule is CC1CCCc2cc(C(=O)O)c(C(C)(C)C)nc21. The third-order valence-electron chi connectivity index (χ3n) is 3.63. The predicted octanol–water partition coefficient (Wildman–Crippen LogP) is 3.52. The highest BCUT2D eigenvalue weighted by atomic mass is 16.4. The van der Waals surface area contributed by atoms with E-state index in [2.05, 4.69) is 6.92 Å². The largest absolute Gasteiger partial charge is 0.478 e. The summed E-state index contributed by atoms with van der Waals surface area (Å²) in [6, 6.07) is 1.85. The Morgan fingerprint density at radius 3 is 2.67 bits per heavy atom. The summed E-state index contributed by atoms with van der Waals surface area (Å²) in [6.45, 7) is 8.23. The van der Waals surface area contributed by atoms with Crippen LogP contribution in [0.3, 0.4) is 0 Å². The Labute approximate surface area is 108 Å². The van der Waals surface area contributed by atoms with Gasteiger partial charge in [-0.25, -0.2) is 4.79 Å². The number of aryl methyl sites for hydroxylation is 1. The van der Waals surface area contributed by atoms with Crippen LogP contribution in [0.15, 0.2) is 6.07 Å². The first-order valence-corrected chi connectivity index (χ1v) is 6.58. The van der Waals surface area contributed by atoms with Crippen LogP contribution >= 0.6 is 0 Å². The number of carbonyl (C=O) groups is 1. The van der Waals surface area contributed by atoms with Gasteiger partial charge in [-0.15, -0.1) is 0 Å². The topological polar surface area (TPSA) is 50.2 Å². The minimum absolute atomic E-state index is 0.236. The number of hydrogen-bond donors (Lipinski definition) is 1. The van der Waals surface area contributed by atoms with Crippen molar-refractivity contribution in [2.75, 3.05) is 0 Å². The third kappa shape index (κ3) is 2.26. The normalized spacial score (nSPS) is 19.4. The van der Waals surface area contributed by atoms with Gasteiger partial charge in [0.2, 0.25) is 0 Å². The van der Waals surface area contributed by atoms with E-state index in [-0.39, 0.29) is 5.41 Å². The number of carboxylic acids is 1. The van der Waals surface area contributed by atoms with Crippen molar-refractivity contribution in [1.82, 2.24) is 4.98 Å². The maximum absolute atomic E-state index is 11.4. The molecular formula is C15H21NO2. The zero-order chi connectivity index (χ0) is 13.5. The molecule has 1 aliphatic carbocycles. The molecule has 0 fully saturated rings. The fraction of sp³-hybridized carbons (Fsp3) is 0.600. The summed E-state index contributed by atoms with van der Waals surface area (Å²) in [5.74, 6) is -0.425. The Kier molecular flexibility index (Phi) is 3.18. The number of carboxylic acid groups (broad SMARTS) is 1. The Morgan fingerprint density at radius 1 is 1.44 bits per heavy atom. The second-order valence-electron chi connectivity index (χ2n) is 6.28. The monoisotopic (exact) mass is 247 g/mol. The summed E-state index contributed by atoms with van der Waals surface area (Å²) in [4.78, 5) is 16.1. The number of aromatic carboxylic acids is 1. The molecule has 0 aromatic carbocycles. The van der Waals surface area contributed by atoms with Crippen LogP contribution in [0.25, 0.3) is 0 Å². The van der Waals surface area contributed by atoms with Crippen LogP contribution < -0.4 is 0 Å². The van der Waals surface area contributed by atoms with Gasteiger partial charge in [-0.05, 0) is 36.8 Å². The van der Waals surface area contributed by atoms with Gasteiger partial charge < -0.3 is 5.11 Å². The molecule has 0 radical (unpaired) electrons. The van der Waals surface area contributed by atoms with Crippen molar-refractivity contribution < 1.29 is 9.90 Å². The highest BCUT2D eigenvalue weighted by Gasteiger charge is 2.28. The van der Waals surface area contributed by atoms with Crippen molar-refractivity contribution in [3.63, 3.8) is 0 Å². The first-order valence-electron chi connectivity index (χ1n) is 6.58. The number of aromatic nitrogens is 1. The molecule has 3 heteroatoms. The van der Waals surface area contributed by atoms with Crippen LogP contribution in [0.2, 0.25) is 0 Å². The molecule has 1 aromatic heterocycles. The lowest BCUT2D eigenvalue weighted by molar-refractivity contribution is 0.0693. The van der Waals surface area contributed by atoms with Crippen LogP contribution in [0.1, 0.15) is 73.8 Å². The van der Waals surface area contributed by atoms with Crippen molar-refractivity contribution in [2.45, 2.75) is 58.3 Å². The summed E-state index contributed by atoms with van der Waals surface area (Å²) < 4.78 is 0. The minimum atomic E-state index is -0.867. The van der Waals surface area contributed by atoms with Crippen LogP contribution in [0.4, 0.5) is 0 Å². The highest BCUT2D eigenvalue weighted by molar-refractivity contribution is 5.89. The van der Waals surface area contributed by atoms with Gasteiger partial charge in [0, 0.05) is 11.1 Å². The van der Waals surface area contributed by atoms with Gasteiger partial charge in [0.15, 0.2) is 0 Å². The van der Waals surface area contributed by atoms with Crippen LogP contribution in [-0.2, 0) is 11.8 Å². The highest BCUT2D eigenvalue weighted by Crippen LogP contribution is 2.34. The van der Waals surface area contributed by atoms with Crippen molar-refractivity contribution in [3.05, 3.63) is 28.6 Å². The molecule has 2 rings (SSSR count). The van der Waals surface area contributed by atoms with E-state index in [4.69, 9.17) is 4.98 Å². The van der Waals surface area contributed by atoms with Gasteiger partial charge in [0.25, 0.3) is 0 Å². The van der Waals surface area contributed by atoms with E-state index >= 15 is 0 Å². The Morgan fingerprint density at radius 2 is 2.11 bits per heavy atom. The van der Waals surface area contributed by atoms with Crippen LogP contribution in [0, 0.1) is 0 Å². The minimum Gasteiger partial charge on any atom is -0.478 e. The number of rotatable bonds is 1. The fourth-order valence-corrected chi connectivity index (χ4v) is 2.67. The summed E-state index contributed by atoms with van der Waals surface area (Å²) in [6.07, 6.45) is 3.23. The standard InChI is InChI=1S/C15H21NO2/c1-9-6-5-7-10-8-11(14(17)18)13(15(2,3)4)16-12(9)10/h8-9H,5-7H2,1-4H3,(H,17,18). The zero-order valence-electron chi connectivity index (χ0n) is 11.6. The Bertz CT molecular complexity index is 486. The molecule has 0 saturated carbocycles. The van der Waals surface area contributed by atoms with Crippen molar-refractivity contribution in [3.8, 4) is 0 Å². The fourth-order valence-electron chi connectivity index (χ4n) is 2.67. The molecule has 1 heterocycles. The molecule has 0 spiro atoms. The molecule has 1 N–H and O–H groups in total. The van der Waals surface area contributed by atoms with Crippen LogP contribution in [-0.4, -0.2) is 16.1 Å². The zero-order valence-corrected chi connectivity index (χ0v) is 11.6. The number of nitrogens with zero attached hydrogens (tertiary/aromatic N) is 1. The molecule has 98 valence electrons. The average molecular weight is 247 g/mol. The molecule has 1 aromatic rings. The number of hydrogen-bond acceptors (Lipinski definition) is 2. The quantitative estimate of drug-likeness (QED) is 0.826. The molecule has 0 amide bonds. The predicted molar refractivity (Wildman–Crippen MR) is 71.2 cm³/mol. The van der Waals surface area contributed by atoms with Gasteiger partial charge >= 0.3 is 5.97 Å². The van der Waals surface area contributed by atoms with Gasteiger partial charge in [0.1, 0.15) is 0 Å². The van der Waals surface area contributed by atoms with E-state index in [9.17, 15) is 9.90 Å². The van der Waals surface area contributed by atoms with Gasteiger partial charge in [-0.2, -0.15) is 0 Å². The molecule has 18 heavy (non-hydrogen) atoms. The maximum atomic E-state index is 11.4. The van der Waals surface area contributed by atoms with Crippen molar-refractivity contribution in [1.29, 1.82) is 0 Å². The van der Waals surface area contributed by atoms with E-state index in [1.807, 2.05) is 26.8 Å². The molecule has 1 unspecified atom stereocenters. The van der Waals surface area contributed by atoms with E-state index in [1.165, 1.54) is 0 Å². The smallest absolute Gasteiger partial charge is 0.337 e. The maximum Gasteiger partial charge on any atom is 0.337 e. The van der Waals surface area contributed by atoms with Gasteiger partial charge in [-0.3, -0.25) is 4.98 Å². The van der Waals surface area contributed by atoms with Crippen LogP contribution in [0.5, 0.6) is 0 Å². The number of pyridine rings is 1. The first-order chi connectivity index (χ1) is 8.30. The third-order valence-corrected chi connectivity index (χ3v) is 3.63. The molecule has 1 atom stereocenters. The second kappa shape index (κ2) is 4.38. The second-order valence-corrected chi connectivity index (χ2v) is 6.28. The lowest BCUT2D eigenvalue weighted by Gasteiger charge is -2.27. The van der Waals surface area contributed by atoms with Gasteiger partial charge in [0.05, 0.1) is 11.3 Å². The average Bonchev–Trinajstić information content (AvgIpc) is 2.26. The number of fused-ring (bicyclic) bond motifs is 1. The Balaban J connectivity index is 2.64. The van der Waals surface area contributed by atoms with E-state index in [1.54, 1.807) is 0 Å².